The van der Waals surface area contributed by atoms with E-state index in [1.807, 2.05) is 31.2 Å². The molecule has 0 atom stereocenters. The largest absolute Gasteiger partial charge is 0.462 e. The molecule has 0 spiro atoms. The summed E-state index contributed by atoms with van der Waals surface area (Å²) in [5.41, 5.74) is 3.32. The second kappa shape index (κ2) is 6.85. The first-order chi connectivity index (χ1) is 12.2. The number of hydrogen-bond donors (Lipinski definition) is 0. The molecule has 0 aliphatic rings. The first-order valence-corrected chi connectivity index (χ1v) is 9.68. The maximum absolute atomic E-state index is 5.40. The van der Waals surface area contributed by atoms with Gasteiger partial charge in [0, 0.05) is 11.1 Å². The summed E-state index contributed by atoms with van der Waals surface area (Å²) in [6.45, 7) is 4.07. The Morgan fingerprint density at radius 1 is 1.12 bits per heavy atom. The summed E-state index contributed by atoms with van der Waals surface area (Å²) in [5.74, 6) is 2.42. The minimum atomic E-state index is 0.737. The summed E-state index contributed by atoms with van der Waals surface area (Å²) in [6.07, 6.45) is 1.67. The minimum absolute atomic E-state index is 0.737. The highest BCUT2D eigenvalue weighted by Crippen LogP contribution is 2.29. The average Bonchev–Trinajstić information content (AvgIpc) is 3.34. The molecule has 5 nitrogen and oxygen atoms in total. The molecule has 0 aliphatic heterocycles. The smallest absolute Gasteiger partial charge is 0.196 e. The number of nitrogens with zero attached hydrogens (tertiary/aromatic N) is 4. The van der Waals surface area contributed by atoms with Crippen molar-refractivity contribution in [3.05, 3.63) is 65.1 Å². The molecule has 0 unspecified atom stereocenters. The fraction of sp³-hybridized carbons (Fsp3) is 0.167. The van der Waals surface area contributed by atoms with Crippen molar-refractivity contribution in [3.8, 4) is 16.5 Å². The normalized spacial score (nSPS) is 11.1. The van der Waals surface area contributed by atoms with Crippen LogP contribution in [0.1, 0.15) is 17.1 Å². The lowest BCUT2D eigenvalue weighted by atomic mass is 10.2. The maximum atomic E-state index is 5.40. The number of para-hydroxylation sites is 1. The van der Waals surface area contributed by atoms with Crippen molar-refractivity contribution >= 4 is 23.1 Å². The third-order valence-corrected chi connectivity index (χ3v) is 5.65. The van der Waals surface area contributed by atoms with Crippen LogP contribution in [0.25, 0.3) is 16.5 Å². The molecule has 0 saturated heterocycles. The highest BCUT2D eigenvalue weighted by molar-refractivity contribution is 7.98. The van der Waals surface area contributed by atoms with Crippen molar-refractivity contribution in [3.63, 3.8) is 0 Å². The Balaban J connectivity index is 1.56. The van der Waals surface area contributed by atoms with E-state index in [9.17, 15) is 0 Å². The second-order valence-corrected chi connectivity index (χ2v) is 7.36. The van der Waals surface area contributed by atoms with E-state index in [0.717, 1.165) is 38.9 Å². The quantitative estimate of drug-likeness (QED) is 0.469. The van der Waals surface area contributed by atoms with Gasteiger partial charge in [-0.05, 0) is 37.6 Å². The van der Waals surface area contributed by atoms with E-state index in [1.54, 1.807) is 29.4 Å². The van der Waals surface area contributed by atoms with Crippen molar-refractivity contribution in [1.82, 2.24) is 19.7 Å². The Morgan fingerprint density at radius 2 is 2.00 bits per heavy atom. The molecule has 0 radical (unpaired) electrons. The van der Waals surface area contributed by atoms with Gasteiger partial charge in [0.1, 0.15) is 5.82 Å². The van der Waals surface area contributed by atoms with Crippen LogP contribution in [0.2, 0.25) is 0 Å². The van der Waals surface area contributed by atoms with Crippen LogP contribution in [-0.2, 0) is 5.75 Å². The van der Waals surface area contributed by atoms with Gasteiger partial charge in [0.2, 0.25) is 0 Å². The topological polar surface area (TPSA) is 56.7 Å². The molecule has 0 N–H and O–H groups in total. The van der Waals surface area contributed by atoms with E-state index in [4.69, 9.17) is 4.42 Å². The molecule has 25 heavy (non-hydrogen) atoms. The van der Waals surface area contributed by atoms with Crippen molar-refractivity contribution in [1.29, 1.82) is 0 Å². The molecule has 0 amide bonds. The molecule has 1 aromatic carbocycles. The van der Waals surface area contributed by atoms with Crippen molar-refractivity contribution in [2.75, 3.05) is 0 Å². The van der Waals surface area contributed by atoms with Gasteiger partial charge in [-0.15, -0.1) is 21.5 Å². The Bertz CT molecular complexity index is 988. The zero-order chi connectivity index (χ0) is 17.2. The summed E-state index contributed by atoms with van der Waals surface area (Å²) in [4.78, 5) is 4.64. The number of benzene rings is 1. The summed E-state index contributed by atoms with van der Waals surface area (Å²) >= 11 is 3.23. The summed E-state index contributed by atoms with van der Waals surface area (Å²) in [7, 11) is 0. The third kappa shape index (κ3) is 3.25. The predicted octanol–water partition coefficient (Wildman–Crippen LogP) is 4.89. The van der Waals surface area contributed by atoms with E-state index in [1.165, 1.54) is 5.56 Å². The molecule has 0 saturated carbocycles. The van der Waals surface area contributed by atoms with Crippen LogP contribution < -0.4 is 0 Å². The van der Waals surface area contributed by atoms with Crippen molar-refractivity contribution in [2.24, 2.45) is 0 Å². The number of furan rings is 1. The SMILES string of the molecule is Cc1ccccc1-n1c(C)nnc1SCc1csc(-c2ccco2)n1. The lowest BCUT2D eigenvalue weighted by Crippen LogP contribution is -2.01. The Morgan fingerprint density at radius 3 is 2.80 bits per heavy atom. The van der Waals surface area contributed by atoms with Gasteiger partial charge < -0.3 is 4.42 Å². The van der Waals surface area contributed by atoms with Gasteiger partial charge in [-0.1, -0.05) is 30.0 Å². The number of aryl methyl sites for hydroxylation is 2. The molecule has 0 bridgehead atoms. The standard InChI is InChI=1S/C18H16N4OS2/c1-12-6-3-4-7-15(12)22-13(2)20-21-18(22)25-11-14-10-24-17(19-14)16-8-5-9-23-16/h3-10H,11H2,1-2H3. The summed E-state index contributed by atoms with van der Waals surface area (Å²) in [6, 6.07) is 12.1. The Labute approximate surface area is 153 Å². The number of hydrogen-bond acceptors (Lipinski definition) is 6. The van der Waals surface area contributed by atoms with Crippen LogP contribution >= 0.6 is 23.1 Å². The minimum Gasteiger partial charge on any atom is -0.462 e. The lowest BCUT2D eigenvalue weighted by molar-refractivity contribution is 0.581. The molecule has 3 heterocycles. The molecular formula is C18H16N4OS2. The average molecular weight is 368 g/mol. The summed E-state index contributed by atoms with van der Waals surface area (Å²) < 4.78 is 7.50. The van der Waals surface area contributed by atoms with Crippen LogP contribution in [0, 0.1) is 13.8 Å². The molecular weight excluding hydrogens is 352 g/mol. The second-order valence-electron chi connectivity index (χ2n) is 5.56. The number of thiazole rings is 1. The van der Waals surface area contributed by atoms with E-state index in [-0.39, 0.29) is 0 Å². The number of thioether (sulfide) groups is 1. The maximum Gasteiger partial charge on any atom is 0.196 e. The van der Waals surface area contributed by atoms with E-state index >= 15 is 0 Å². The third-order valence-electron chi connectivity index (χ3n) is 3.78. The first-order valence-electron chi connectivity index (χ1n) is 7.81. The zero-order valence-electron chi connectivity index (χ0n) is 13.8. The first kappa shape index (κ1) is 16.1. The molecule has 7 heteroatoms. The predicted molar refractivity (Wildman–Crippen MR) is 100 cm³/mol. The van der Waals surface area contributed by atoms with Gasteiger partial charge in [0.15, 0.2) is 15.9 Å². The zero-order valence-corrected chi connectivity index (χ0v) is 15.5. The highest BCUT2D eigenvalue weighted by Gasteiger charge is 2.14. The number of aromatic nitrogens is 4. The van der Waals surface area contributed by atoms with Gasteiger partial charge in [-0.3, -0.25) is 4.57 Å². The van der Waals surface area contributed by atoms with Gasteiger partial charge >= 0.3 is 0 Å². The van der Waals surface area contributed by atoms with Crippen LogP contribution in [0.3, 0.4) is 0 Å². The van der Waals surface area contributed by atoms with E-state index in [2.05, 4.69) is 44.2 Å². The summed E-state index contributed by atoms with van der Waals surface area (Å²) in [5, 5.41) is 12.4. The van der Waals surface area contributed by atoms with Gasteiger partial charge in [-0.2, -0.15) is 0 Å². The fourth-order valence-electron chi connectivity index (χ4n) is 2.55. The molecule has 4 rings (SSSR count). The fourth-order valence-corrected chi connectivity index (χ4v) is 4.33. The molecule has 126 valence electrons. The van der Waals surface area contributed by atoms with E-state index in [0.29, 0.717) is 0 Å². The van der Waals surface area contributed by atoms with Gasteiger partial charge in [-0.25, -0.2) is 4.98 Å². The molecule has 3 aromatic heterocycles. The van der Waals surface area contributed by atoms with Crippen LogP contribution in [0.15, 0.2) is 57.6 Å². The van der Waals surface area contributed by atoms with E-state index < -0.39 is 0 Å². The lowest BCUT2D eigenvalue weighted by Gasteiger charge is -2.10. The molecule has 0 fully saturated rings. The van der Waals surface area contributed by atoms with Gasteiger partial charge in [0.05, 0.1) is 17.6 Å². The van der Waals surface area contributed by atoms with Crippen molar-refractivity contribution < 1.29 is 4.42 Å². The molecule has 4 aromatic rings. The monoisotopic (exact) mass is 368 g/mol. The van der Waals surface area contributed by atoms with Crippen LogP contribution in [-0.4, -0.2) is 19.7 Å². The van der Waals surface area contributed by atoms with Crippen LogP contribution in [0.4, 0.5) is 0 Å². The van der Waals surface area contributed by atoms with Crippen molar-refractivity contribution in [2.45, 2.75) is 24.8 Å². The van der Waals surface area contributed by atoms with Gasteiger partial charge in [0.25, 0.3) is 0 Å². The highest BCUT2D eigenvalue weighted by atomic mass is 32.2. The number of rotatable bonds is 5. The Hall–Kier alpha value is -2.38. The Kier molecular flexibility index (Phi) is 4.42. The molecule has 0 aliphatic carbocycles. The van der Waals surface area contributed by atoms with Crippen LogP contribution in [0.5, 0.6) is 0 Å².